The van der Waals surface area contributed by atoms with Crippen LogP contribution in [0.2, 0.25) is 0 Å². The lowest BCUT2D eigenvalue weighted by atomic mass is 9.88. The summed E-state index contributed by atoms with van der Waals surface area (Å²) in [7, 11) is 0. The predicted octanol–water partition coefficient (Wildman–Crippen LogP) is 2.72. The summed E-state index contributed by atoms with van der Waals surface area (Å²) in [6, 6.07) is 2.05. The number of allylic oxidation sites excluding steroid dienone is 6. The molecular formula is C43H62O16. The highest BCUT2D eigenvalue weighted by Gasteiger charge is 2.53. The molecule has 59 heavy (non-hydrogen) atoms. The fraction of sp³-hybridized carbons (Fsp3) is 0.581. The van der Waals surface area contributed by atoms with Gasteiger partial charge in [0, 0.05) is 23.8 Å². The number of esters is 2. The average Bonchev–Trinajstić information content (AvgIpc) is 3.21. The molecule has 0 bridgehead atoms. The number of phenolic OH excluding ortho intramolecular Hbond substituents is 2. The normalized spacial score (nSPS) is 28.4. The van der Waals surface area contributed by atoms with Crippen molar-refractivity contribution in [3.8, 4) is 11.5 Å². The number of phenols is 2. The first-order chi connectivity index (χ1) is 28.4. The van der Waals surface area contributed by atoms with E-state index in [0.29, 0.717) is 6.42 Å². The van der Waals surface area contributed by atoms with Crippen LogP contribution >= 0.6 is 0 Å². The third kappa shape index (κ3) is 15.6. The van der Waals surface area contributed by atoms with Gasteiger partial charge in [0.2, 0.25) is 0 Å². The van der Waals surface area contributed by atoms with Crippen molar-refractivity contribution < 1.29 is 79.2 Å². The standard InChI is InChI=1S/C43H62O16/c1-3-5-7-8-9-10-11-12-16-20-33(49)55-26-32-36(51)37(52)38(53)43(57-32)59-40-31(25-45)56-41(35-27(24-44)22-29(47)23-30(35)48)39(54)42(40)58-34(50)21-17-13-15-19-28(46)18-14-6-4-2/h4,6,13-18,20-23,28,31-32,36-48,51-54H,3,5,7-12,19,24-26H2,1-2H3/b6-4+,15-13+,18-14+,20-16+,21-17+/t28?,31?,32?,36-,37?,38?,39?,40+,41-,42?,43-/m0/s1. The van der Waals surface area contributed by atoms with Crippen molar-refractivity contribution in [2.24, 2.45) is 0 Å². The summed E-state index contributed by atoms with van der Waals surface area (Å²) in [5.41, 5.74) is -0.254. The number of aliphatic hydroxyl groups is 7. The number of rotatable bonds is 23. The number of carbonyl (C=O) groups excluding carboxylic acids is 2. The van der Waals surface area contributed by atoms with Gasteiger partial charge < -0.3 is 69.6 Å². The molecule has 0 aliphatic carbocycles. The topological polar surface area (TPSA) is 262 Å². The van der Waals surface area contributed by atoms with Gasteiger partial charge in [0.25, 0.3) is 0 Å². The zero-order chi connectivity index (χ0) is 43.3. The molecule has 330 valence electrons. The summed E-state index contributed by atoms with van der Waals surface area (Å²) >= 11 is 0. The maximum atomic E-state index is 13.2. The van der Waals surface area contributed by atoms with E-state index in [1.807, 2.05) is 6.92 Å². The van der Waals surface area contributed by atoms with Gasteiger partial charge in [0.1, 0.15) is 66.9 Å². The minimum atomic E-state index is -1.94. The summed E-state index contributed by atoms with van der Waals surface area (Å²) in [5, 5.41) is 95.4. The van der Waals surface area contributed by atoms with Crippen LogP contribution in [-0.2, 0) is 39.9 Å². The lowest BCUT2D eigenvalue weighted by Crippen LogP contribution is -2.64. The minimum Gasteiger partial charge on any atom is -0.508 e. The molecule has 0 saturated carbocycles. The molecule has 11 atom stereocenters. The maximum absolute atomic E-state index is 13.2. The molecule has 9 N–H and O–H groups in total. The SMILES string of the molecule is C/C=C/C=C/C(O)C/C=C/C=C/C(=O)OC1C(O)[C@H](c2c(O)cc(O)cc2CO)OC(CO)[C@H]1O[C@@H]1OC(COC(=O)/C=C/CCCCCCCCC)[C@H](O)C(O)C1O. The van der Waals surface area contributed by atoms with Gasteiger partial charge in [-0.05, 0) is 37.8 Å². The van der Waals surface area contributed by atoms with Crippen LogP contribution in [0.1, 0.15) is 88.9 Å². The maximum Gasteiger partial charge on any atom is 0.331 e. The van der Waals surface area contributed by atoms with Gasteiger partial charge >= 0.3 is 11.9 Å². The molecule has 2 saturated heterocycles. The van der Waals surface area contributed by atoms with Crippen molar-refractivity contribution in [2.75, 3.05) is 13.2 Å². The Kier molecular flexibility index (Phi) is 22.0. The van der Waals surface area contributed by atoms with E-state index in [2.05, 4.69) is 6.92 Å². The van der Waals surface area contributed by atoms with Crippen LogP contribution in [0.5, 0.6) is 11.5 Å². The zero-order valence-corrected chi connectivity index (χ0v) is 33.6. The minimum absolute atomic E-state index is 0.0614. The summed E-state index contributed by atoms with van der Waals surface area (Å²) in [6.07, 6.45) is 5.79. The van der Waals surface area contributed by atoms with E-state index < -0.39 is 111 Å². The number of benzene rings is 1. The van der Waals surface area contributed by atoms with E-state index in [-0.39, 0.29) is 17.5 Å². The fourth-order valence-corrected chi connectivity index (χ4v) is 6.67. The first-order valence-electron chi connectivity index (χ1n) is 20.2. The van der Waals surface area contributed by atoms with Crippen molar-refractivity contribution >= 4 is 11.9 Å². The number of unbranched alkanes of at least 4 members (excludes halogenated alkanes) is 7. The number of ether oxygens (including phenoxy) is 5. The van der Waals surface area contributed by atoms with Gasteiger partial charge in [-0.2, -0.15) is 0 Å². The zero-order valence-electron chi connectivity index (χ0n) is 33.6. The van der Waals surface area contributed by atoms with Crippen LogP contribution in [0.15, 0.2) is 72.9 Å². The molecule has 1 aromatic carbocycles. The van der Waals surface area contributed by atoms with Crippen LogP contribution in [0.25, 0.3) is 0 Å². The molecule has 2 aliphatic rings. The highest BCUT2D eigenvalue weighted by molar-refractivity contribution is 5.82. The Morgan fingerprint density at radius 3 is 2.22 bits per heavy atom. The van der Waals surface area contributed by atoms with Crippen molar-refractivity contribution in [1.29, 1.82) is 0 Å². The first-order valence-corrected chi connectivity index (χ1v) is 20.2. The van der Waals surface area contributed by atoms with Crippen molar-refractivity contribution in [2.45, 2.75) is 146 Å². The monoisotopic (exact) mass is 834 g/mol. The second-order valence-corrected chi connectivity index (χ2v) is 14.4. The van der Waals surface area contributed by atoms with Gasteiger partial charge in [-0.3, -0.25) is 0 Å². The number of aromatic hydroxyl groups is 2. The van der Waals surface area contributed by atoms with Crippen molar-refractivity contribution in [1.82, 2.24) is 0 Å². The highest BCUT2D eigenvalue weighted by atomic mass is 16.7. The molecule has 7 unspecified atom stereocenters. The third-order valence-corrected chi connectivity index (χ3v) is 9.85. The molecule has 3 rings (SSSR count). The van der Waals surface area contributed by atoms with Gasteiger partial charge in [-0.25, -0.2) is 9.59 Å². The van der Waals surface area contributed by atoms with Gasteiger partial charge in [-0.1, -0.05) is 94.1 Å². The van der Waals surface area contributed by atoms with Gasteiger partial charge in [0.05, 0.1) is 19.3 Å². The Balaban J connectivity index is 1.79. The van der Waals surface area contributed by atoms with Crippen molar-refractivity contribution in [3.05, 3.63) is 84.0 Å². The molecule has 2 fully saturated rings. The van der Waals surface area contributed by atoms with Gasteiger partial charge in [0.15, 0.2) is 12.4 Å². The Labute approximate surface area is 345 Å². The third-order valence-electron chi connectivity index (χ3n) is 9.85. The number of hydrogen-bond acceptors (Lipinski definition) is 16. The quantitative estimate of drug-likeness (QED) is 0.0332. The first kappa shape index (κ1) is 49.4. The second kappa shape index (κ2) is 26.3. The second-order valence-electron chi connectivity index (χ2n) is 14.4. The summed E-state index contributed by atoms with van der Waals surface area (Å²) in [6.45, 7) is 1.84. The van der Waals surface area contributed by atoms with E-state index >= 15 is 0 Å². The fourth-order valence-electron chi connectivity index (χ4n) is 6.67. The van der Waals surface area contributed by atoms with E-state index in [1.54, 1.807) is 36.5 Å². The molecule has 0 spiro atoms. The molecule has 0 aromatic heterocycles. The van der Waals surface area contributed by atoms with E-state index in [1.165, 1.54) is 43.9 Å². The molecule has 16 nitrogen and oxygen atoms in total. The molecule has 0 amide bonds. The van der Waals surface area contributed by atoms with Gasteiger partial charge in [-0.15, -0.1) is 0 Å². The molecular weight excluding hydrogens is 772 g/mol. The lowest BCUT2D eigenvalue weighted by Gasteiger charge is -2.47. The van der Waals surface area contributed by atoms with Crippen LogP contribution < -0.4 is 0 Å². The predicted molar refractivity (Wildman–Crippen MR) is 213 cm³/mol. The van der Waals surface area contributed by atoms with E-state index in [9.17, 15) is 55.5 Å². The van der Waals surface area contributed by atoms with Crippen molar-refractivity contribution in [3.63, 3.8) is 0 Å². The van der Waals surface area contributed by atoms with Crippen LogP contribution in [0.3, 0.4) is 0 Å². The summed E-state index contributed by atoms with van der Waals surface area (Å²) in [5.74, 6) is -2.77. The highest BCUT2D eigenvalue weighted by Crippen LogP contribution is 2.42. The molecule has 16 heteroatoms. The number of hydrogen-bond donors (Lipinski definition) is 9. The average molecular weight is 835 g/mol. The molecule has 0 radical (unpaired) electrons. The van der Waals surface area contributed by atoms with Crippen LogP contribution in [-0.4, -0.2) is 132 Å². The Morgan fingerprint density at radius 1 is 0.797 bits per heavy atom. The molecule has 2 aliphatic heterocycles. The number of carbonyl (C=O) groups is 2. The smallest absolute Gasteiger partial charge is 0.331 e. The van der Waals surface area contributed by atoms with E-state index in [0.717, 1.165) is 37.5 Å². The van der Waals surface area contributed by atoms with Crippen LogP contribution in [0.4, 0.5) is 0 Å². The molecule has 2 heterocycles. The largest absolute Gasteiger partial charge is 0.508 e. The summed E-state index contributed by atoms with van der Waals surface area (Å²) in [4.78, 5) is 25.6. The molecule has 1 aromatic rings. The Bertz CT molecular complexity index is 1570. The lowest BCUT2D eigenvalue weighted by molar-refractivity contribution is -0.343. The van der Waals surface area contributed by atoms with Crippen LogP contribution in [0, 0.1) is 0 Å². The number of aliphatic hydroxyl groups excluding tert-OH is 7. The van der Waals surface area contributed by atoms with E-state index in [4.69, 9.17) is 23.7 Å². The Morgan fingerprint density at radius 2 is 1.53 bits per heavy atom. The Hall–Kier alpha value is -3.94. The summed E-state index contributed by atoms with van der Waals surface area (Å²) < 4.78 is 28.5.